The van der Waals surface area contributed by atoms with Crippen LogP contribution in [0, 0.1) is 6.92 Å². The minimum Gasteiger partial charge on any atom is -0.496 e. The molecule has 0 aliphatic rings. The predicted molar refractivity (Wildman–Crippen MR) is 95.7 cm³/mol. The number of rotatable bonds is 10. The van der Waals surface area contributed by atoms with E-state index in [-0.39, 0.29) is 0 Å². The number of allylic oxidation sites excluding steroid dienone is 1. The molecule has 0 N–H and O–H groups in total. The van der Waals surface area contributed by atoms with Gasteiger partial charge in [-0.25, -0.2) is 0 Å². The van der Waals surface area contributed by atoms with E-state index in [1.54, 1.807) is 14.2 Å². The second kappa shape index (κ2) is 8.66. The number of aryl methyl sites for hydroxylation is 2. The molecule has 1 heterocycles. The Hall–Kier alpha value is -1.90. The van der Waals surface area contributed by atoms with Gasteiger partial charge in [0.1, 0.15) is 22.8 Å². The number of furan rings is 1. The largest absolute Gasteiger partial charge is 0.496 e. The second-order valence-corrected chi connectivity index (χ2v) is 5.95. The van der Waals surface area contributed by atoms with Crippen molar-refractivity contribution < 1.29 is 13.9 Å². The van der Waals surface area contributed by atoms with Crippen molar-refractivity contribution in [3.8, 4) is 11.5 Å². The molecule has 0 amide bonds. The summed E-state index contributed by atoms with van der Waals surface area (Å²) in [5, 5.41) is 1.06. The summed E-state index contributed by atoms with van der Waals surface area (Å²) in [6.45, 7) is 5.87. The van der Waals surface area contributed by atoms with Gasteiger partial charge in [-0.1, -0.05) is 25.3 Å². The van der Waals surface area contributed by atoms with Crippen LogP contribution >= 0.6 is 0 Å². The van der Waals surface area contributed by atoms with Crippen molar-refractivity contribution in [2.75, 3.05) is 14.2 Å². The zero-order valence-electron chi connectivity index (χ0n) is 14.6. The van der Waals surface area contributed by atoms with E-state index in [0.717, 1.165) is 47.5 Å². The van der Waals surface area contributed by atoms with Crippen LogP contribution in [0.5, 0.6) is 11.5 Å². The van der Waals surface area contributed by atoms with Gasteiger partial charge in [0.2, 0.25) is 0 Å². The summed E-state index contributed by atoms with van der Waals surface area (Å²) in [5.41, 5.74) is 2.03. The summed E-state index contributed by atoms with van der Waals surface area (Å²) in [5.74, 6) is 2.64. The summed E-state index contributed by atoms with van der Waals surface area (Å²) in [4.78, 5) is 0. The highest BCUT2D eigenvalue weighted by Gasteiger charge is 2.16. The molecule has 3 heteroatoms. The standard InChI is InChI=1S/C20H28O3/c1-5-6-7-8-9-10-11-12-17-15(2)20-18(22-4)13-16(21-3)14-19(20)23-17/h5,13-14H,1,6-12H2,2-4H3. The lowest BCUT2D eigenvalue weighted by Crippen LogP contribution is -1.89. The first-order chi connectivity index (χ1) is 11.2. The first kappa shape index (κ1) is 17.5. The average molecular weight is 316 g/mol. The normalized spacial score (nSPS) is 10.9. The van der Waals surface area contributed by atoms with Crippen LogP contribution in [0.2, 0.25) is 0 Å². The molecule has 0 aliphatic heterocycles. The topological polar surface area (TPSA) is 31.6 Å². The van der Waals surface area contributed by atoms with Gasteiger partial charge in [-0.05, 0) is 26.2 Å². The number of fused-ring (bicyclic) bond motifs is 1. The van der Waals surface area contributed by atoms with Crippen molar-refractivity contribution in [2.45, 2.75) is 51.9 Å². The van der Waals surface area contributed by atoms with Gasteiger partial charge >= 0.3 is 0 Å². The monoisotopic (exact) mass is 316 g/mol. The van der Waals surface area contributed by atoms with E-state index in [1.807, 2.05) is 18.2 Å². The van der Waals surface area contributed by atoms with Crippen LogP contribution in [0.15, 0.2) is 29.2 Å². The highest BCUT2D eigenvalue weighted by atomic mass is 16.5. The van der Waals surface area contributed by atoms with E-state index in [9.17, 15) is 0 Å². The van der Waals surface area contributed by atoms with Crippen LogP contribution < -0.4 is 9.47 Å². The Morgan fingerprint density at radius 1 is 1.04 bits per heavy atom. The van der Waals surface area contributed by atoms with Gasteiger partial charge in [-0.2, -0.15) is 0 Å². The van der Waals surface area contributed by atoms with Crippen LogP contribution in [0.3, 0.4) is 0 Å². The molecule has 0 saturated carbocycles. The number of hydrogen-bond donors (Lipinski definition) is 0. The van der Waals surface area contributed by atoms with Gasteiger partial charge in [-0.15, -0.1) is 6.58 Å². The summed E-state index contributed by atoms with van der Waals surface area (Å²) in [6.07, 6.45) is 10.3. The molecule has 0 aliphatic carbocycles. The molecule has 23 heavy (non-hydrogen) atoms. The Balaban J connectivity index is 2.01. The molecule has 1 aromatic heterocycles. The van der Waals surface area contributed by atoms with Crippen molar-refractivity contribution in [2.24, 2.45) is 0 Å². The smallest absolute Gasteiger partial charge is 0.141 e. The fourth-order valence-electron chi connectivity index (χ4n) is 2.99. The van der Waals surface area contributed by atoms with Crippen molar-refractivity contribution >= 4 is 11.0 Å². The molecule has 0 saturated heterocycles. The summed E-state index contributed by atoms with van der Waals surface area (Å²) >= 11 is 0. The molecule has 0 atom stereocenters. The van der Waals surface area contributed by atoms with E-state index >= 15 is 0 Å². The Morgan fingerprint density at radius 3 is 2.48 bits per heavy atom. The molecule has 3 nitrogen and oxygen atoms in total. The number of benzene rings is 1. The van der Waals surface area contributed by atoms with Gasteiger partial charge in [-0.3, -0.25) is 0 Å². The highest BCUT2D eigenvalue weighted by Crippen LogP contribution is 2.37. The SMILES string of the molecule is C=CCCCCCCCc1oc2cc(OC)cc(OC)c2c1C. The van der Waals surface area contributed by atoms with Crippen LogP contribution in [-0.2, 0) is 6.42 Å². The van der Waals surface area contributed by atoms with E-state index in [2.05, 4.69) is 13.5 Å². The van der Waals surface area contributed by atoms with Gasteiger partial charge < -0.3 is 13.9 Å². The summed E-state index contributed by atoms with van der Waals surface area (Å²) < 4.78 is 16.9. The molecule has 126 valence electrons. The quantitative estimate of drug-likeness (QED) is 0.408. The molecular formula is C20H28O3. The van der Waals surface area contributed by atoms with Crippen LogP contribution in [0.1, 0.15) is 49.8 Å². The van der Waals surface area contributed by atoms with E-state index < -0.39 is 0 Å². The highest BCUT2D eigenvalue weighted by molar-refractivity contribution is 5.89. The van der Waals surface area contributed by atoms with Crippen molar-refractivity contribution in [3.63, 3.8) is 0 Å². The third kappa shape index (κ3) is 4.31. The predicted octanol–water partition coefficient (Wildman–Crippen LogP) is 5.83. The Kier molecular flexibility index (Phi) is 6.57. The molecule has 0 radical (unpaired) electrons. The molecule has 1 aromatic carbocycles. The zero-order chi connectivity index (χ0) is 16.7. The lowest BCUT2D eigenvalue weighted by molar-refractivity contribution is 0.397. The maximum absolute atomic E-state index is 6.06. The van der Waals surface area contributed by atoms with E-state index in [1.165, 1.54) is 31.2 Å². The van der Waals surface area contributed by atoms with E-state index in [4.69, 9.17) is 13.9 Å². The van der Waals surface area contributed by atoms with Gasteiger partial charge in [0, 0.05) is 24.1 Å². The molecule has 0 fully saturated rings. The van der Waals surface area contributed by atoms with E-state index in [0.29, 0.717) is 0 Å². The number of unbranched alkanes of at least 4 members (excludes halogenated alkanes) is 5. The van der Waals surface area contributed by atoms with Gasteiger partial charge in [0.25, 0.3) is 0 Å². The average Bonchev–Trinajstić information content (AvgIpc) is 2.89. The van der Waals surface area contributed by atoms with Crippen LogP contribution in [-0.4, -0.2) is 14.2 Å². The first-order valence-corrected chi connectivity index (χ1v) is 8.46. The zero-order valence-corrected chi connectivity index (χ0v) is 14.6. The molecule has 2 aromatic rings. The van der Waals surface area contributed by atoms with Crippen molar-refractivity contribution in [1.82, 2.24) is 0 Å². The van der Waals surface area contributed by atoms with Gasteiger partial charge in [0.05, 0.1) is 19.6 Å². The Labute approximate surface area is 139 Å². The van der Waals surface area contributed by atoms with Crippen LogP contribution in [0.4, 0.5) is 0 Å². The minimum atomic E-state index is 0.761. The lowest BCUT2D eigenvalue weighted by atomic mass is 10.1. The Morgan fingerprint density at radius 2 is 1.78 bits per heavy atom. The molecule has 2 rings (SSSR count). The van der Waals surface area contributed by atoms with Crippen LogP contribution in [0.25, 0.3) is 11.0 Å². The van der Waals surface area contributed by atoms with Crippen molar-refractivity contribution in [3.05, 3.63) is 36.1 Å². The lowest BCUT2D eigenvalue weighted by Gasteiger charge is -2.05. The molecule has 0 unspecified atom stereocenters. The maximum Gasteiger partial charge on any atom is 0.141 e. The fraction of sp³-hybridized carbons (Fsp3) is 0.500. The number of methoxy groups -OCH3 is 2. The fourth-order valence-corrected chi connectivity index (χ4v) is 2.99. The maximum atomic E-state index is 6.06. The van der Waals surface area contributed by atoms with Crippen molar-refractivity contribution in [1.29, 1.82) is 0 Å². The summed E-state index contributed by atoms with van der Waals surface area (Å²) in [6, 6.07) is 3.85. The second-order valence-electron chi connectivity index (χ2n) is 5.95. The minimum absolute atomic E-state index is 0.761. The number of ether oxygens (including phenoxy) is 2. The molecular weight excluding hydrogens is 288 g/mol. The summed E-state index contributed by atoms with van der Waals surface area (Å²) in [7, 11) is 3.34. The molecule has 0 bridgehead atoms. The number of hydrogen-bond acceptors (Lipinski definition) is 3. The molecule has 0 spiro atoms. The third-order valence-electron chi connectivity index (χ3n) is 4.33. The first-order valence-electron chi connectivity index (χ1n) is 8.46. The Bertz CT molecular complexity index is 640. The van der Waals surface area contributed by atoms with Gasteiger partial charge in [0.15, 0.2) is 0 Å². The third-order valence-corrected chi connectivity index (χ3v) is 4.33.